The lowest BCUT2D eigenvalue weighted by atomic mass is 9.79. The van der Waals surface area contributed by atoms with E-state index in [1.54, 1.807) is 0 Å². The van der Waals surface area contributed by atoms with Crippen molar-refractivity contribution in [3.63, 3.8) is 0 Å². The van der Waals surface area contributed by atoms with Crippen molar-refractivity contribution in [2.24, 2.45) is 10.9 Å². The van der Waals surface area contributed by atoms with Gasteiger partial charge in [0, 0.05) is 25.9 Å². The maximum Gasteiger partial charge on any atom is 0.338 e. The smallest absolute Gasteiger partial charge is 0.338 e. The molecular formula is C20H27N3O3. The molecule has 3 rings (SSSR count). The highest BCUT2D eigenvalue weighted by Gasteiger charge is 2.49. The lowest BCUT2D eigenvalue weighted by Crippen LogP contribution is -2.55. The SMILES string of the molecule is CC(=O)NN1CCCC(C2(C(=O)OC(C)(C)C)C=c3ccccc3=N2)C1. The first-order valence-electron chi connectivity index (χ1n) is 9.13. The Bertz CT molecular complexity index is 790. The van der Waals surface area contributed by atoms with Crippen LogP contribution in [0.1, 0.15) is 40.5 Å². The number of hydrazine groups is 1. The number of benzene rings is 1. The summed E-state index contributed by atoms with van der Waals surface area (Å²) >= 11 is 0. The molecule has 1 aromatic carbocycles. The van der Waals surface area contributed by atoms with E-state index in [-0.39, 0.29) is 17.8 Å². The van der Waals surface area contributed by atoms with Crippen molar-refractivity contribution in [2.45, 2.75) is 51.7 Å². The van der Waals surface area contributed by atoms with E-state index < -0.39 is 11.1 Å². The van der Waals surface area contributed by atoms with Crippen LogP contribution < -0.4 is 16.0 Å². The van der Waals surface area contributed by atoms with Crippen molar-refractivity contribution in [2.75, 3.05) is 13.1 Å². The average molecular weight is 357 g/mol. The van der Waals surface area contributed by atoms with Crippen LogP contribution in [0.2, 0.25) is 0 Å². The van der Waals surface area contributed by atoms with Gasteiger partial charge >= 0.3 is 5.97 Å². The van der Waals surface area contributed by atoms with Gasteiger partial charge in [-0.15, -0.1) is 0 Å². The van der Waals surface area contributed by atoms with Crippen LogP contribution in [0.5, 0.6) is 0 Å². The number of hydrogen-bond donors (Lipinski definition) is 1. The maximum absolute atomic E-state index is 13.2. The highest BCUT2D eigenvalue weighted by atomic mass is 16.6. The van der Waals surface area contributed by atoms with E-state index in [0.717, 1.165) is 30.0 Å². The molecule has 1 fully saturated rings. The first-order chi connectivity index (χ1) is 12.2. The number of rotatable bonds is 3. The van der Waals surface area contributed by atoms with Crippen molar-refractivity contribution < 1.29 is 14.3 Å². The van der Waals surface area contributed by atoms with Gasteiger partial charge in [0.15, 0.2) is 5.54 Å². The van der Waals surface area contributed by atoms with Gasteiger partial charge in [-0.25, -0.2) is 9.80 Å². The molecule has 1 saturated heterocycles. The summed E-state index contributed by atoms with van der Waals surface area (Å²) in [4.78, 5) is 29.5. The molecule has 2 aliphatic rings. The second kappa shape index (κ2) is 6.83. The third kappa shape index (κ3) is 3.80. The second-order valence-corrected chi connectivity index (χ2v) is 8.10. The monoisotopic (exact) mass is 357 g/mol. The topological polar surface area (TPSA) is 71.0 Å². The quantitative estimate of drug-likeness (QED) is 0.818. The first-order valence-corrected chi connectivity index (χ1v) is 9.13. The molecule has 1 N–H and O–H groups in total. The van der Waals surface area contributed by atoms with Gasteiger partial charge in [-0.1, -0.05) is 18.2 Å². The molecule has 1 aromatic rings. The fraction of sp³-hybridized carbons (Fsp3) is 0.550. The third-order valence-electron chi connectivity index (χ3n) is 4.70. The Morgan fingerprint density at radius 3 is 2.69 bits per heavy atom. The summed E-state index contributed by atoms with van der Waals surface area (Å²) in [6.07, 6.45) is 3.68. The van der Waals surface area contributed by atoms with Crippen molar-refractivity contribution in [1.29, 1.82) is 0 Å². The van der Waals surface area contributed by atoms with Crippen molar-refractivity contribution in [3.8, 4) is 0 Å². The Morgan fingerprint density at radius 1 is 1.31 bits per heavy atom. The number of carbonyl (C=O) groups excluding carboxylic acids is 2. The number of esters is 1. The van der Waals surface area contributed by atoms with E-state index in [9.17, 15) is 9.59 Å². The maximum atomic E-state index is 13.2. The van der Waals surface area contributed by atoms with Gasteiger partial charge in [0.25, 0.3) is 0 Å². The molecule has 0 radical (unpaired) electrons. The summed E-state index contributed by atoms with van der Waals surface area (Å²) in [5, 5.41) is 3.65. The van der Waals surface area contributed by atoms with Gasteiger partial charge in [-0.2, -0.15) is 0 Å². The molecule has 0 aromatic heterocycles. The van der Waals surface area contributed by atoms with Crippen LogP contribution in [0.4, 0.5) is 0 Å². The largest absolute Gasteiger partial charge is 0.458 e. The normalized spacial score (nSPS) is 25.6. The van der Waals surface area contributed by atoms with Crippen molar-refractivity contribution >= 4 is 18.0 Å². The molecule has 0 spiro atoms. The van der Waals surface area contributed by atoms with E-state index in [0.29, 0.717) is 6.54 Å². The number of amides is 1. The van der Waals surface area contributed by atoms with Gasteiger partial charge < -0.3 is 4.74 Å². The second-order valence-electron chi connectivity index (χ2n) is 8.10. The van der Waals surface area contributed by atoms with Crippen LogP contribution in [0.15, 0.2) is 29.3 Å². The number of ether oxygens (including phenoxy) is 1. The summed E-state index contributed by atoms with van der Waals surface area (Å²) in [5.41, 5.74) is 1.21. The molecule has 6 nitrogen and oxygen atoms in total. The number of para-hydroxylation sites is 1. The Labute approximate surface area is 153 Å². The zero-order chi connectivity index (χ0) is 18.9. The van der Waals surface area contributed by atoms with E-state index in [1.165, 1.54) is 6.92 Å². The van der Waals surface area contributed by atoms with Gasteiger partial charge in [0.05, 0.1) is 5.36 Å². The minimum atomic E-state index is -1.05. The van der Waals surface area contributed by atoms with Crippen LogP contribution in [-0.4, -0.2) is 41.1 Å². The number of nitrogens with zero attached hydrogens (tertiary/aromatic N) is 2. The predicted octanol–water partition coefficient (Wildman–Crippen LogP) is 0.944. The van der Waals surface area contributed by atoms with Gasteiger partial charge in [0.1, 0.15) is 5.60 Å². The van der Waals surface area contributed by atoms with Crippen LogP contribution >= 0.6 is 0 Å². The minimum absolute atomic E-state index is 0.0645. The molecule has 2 atom stereocenters. The summed E-state index contributed by atoms with van der Waals surface area (Å²) in [5.74, 6) is -0.492. The summed E-state index contributed by atoms with van der Waals surface area (Å²) in [6.45, 7) is 8.43. The molecule has 2 heterocycles. The summed E-state index contributed by atoms with van der Waals surface area (Å²) in [7, 11) is 0. The molecule has 6 heteroatoms. The van der Waals surface area contributed by atoms with Crippen LogP contribution in [0.3, 0.4) is 0 Å². The fourth-order valence-corrected chi connectivity index (χ4v) is 3.68. The fourth-order valence-electron chi connectivity index (χ4n) is 3.68. The Morgan fingerprint density at radius 2 is 2.04 bits per heavy atom. The van der Waals surface area contributed by atoms with E-state index in [2.05, 4.69) is 5.43 Å². The molecule has 0 aliphatic carbocycles. The van der Waals surface area contributed by atoms with Crippen LogP contribution in [0.25, 0.3) is 6.08 Å². The zero-order valence-corrected chi connectivity index (χ0v) is 15.9. The van der Waals surface area contributed by atoms with Gasteiger partial charge in [-0.3, -0.25) is 15.2 Å². The number of hydrogen-bond acceptors (Lipinski definition) is 5. The lowest BCUT2D eigenvalue weighted by molar-refractivity contribution is -0.161. The van der Waals surface area contributed by atoms with E-state index >= 15 is 0 Å². The molecule has 140 valence electrons. The Balaban J connectivity index is 1.98. The lowest BCUT2D eigenvalue weighted by Gasteiger charge is -2.40. The minimum Gasteiger partial charge on any atom is -0.458 e. The predicted molar refractivity (Wildman–Crippen MR) is 98.4 cm³/mol. The number of carbonyl (C=O) groups is 2. The Hall–Kier alpha value is -2.21. The zero-order valence-electron chi connectivity index (χ0n) is 15.9. The van der Waals surface area contributed by atoms with Gasteiger partial charge in [0.2, 0.25) is 5.91 Å². The molecule has 1 amide bonds. The van der Waals surface area contributed by atoms with Crippen LogP contribution in [0, 0.1) is 5.92 Å². The highest BCUT2D eigenvalue weighted by molar-refractivity contribution is 5.90. The third-order valence-corrected chi connectivity index (χ3v) is 4.70. The van der Waals surface area contributed by atoms with Crippen molar-refractivity contribution in [1.82, 2.24) is 10.4 Å². The van der Waals surface area contributed by atoms with Crippen LogP contribution in [-0.2, 0) is 14.3 Å². The highest BCUT2D eigenvalue weighted by Crippen LogP contribution is 2.35. The molecular weight excluding hydrogens is 330 g/mol. The Kier molecular flexibility index (Phi) is 4.88. The average Bonchev–Trinajstić information content (AvgIpc) is 2.94. The molecule has 2 unspecified atom stereocenters. The van der Waals surface area contributed by atoms with E-state index in [1.807, 2.05) is 56.1 Å². The van der Waals surface area contributed by atoms with Crippen molar-refractivity contribution in [3.05, 3.63) is 34.8 Å². The van der Waals surface area contributed by atoms with Gasteiger partial charge in [-0.05, 0) is 51.0 Å². The number of piperidine rings is 1. The molecule has 0 saturated carbocycles. The standard InChI is InChI=1S/C20H27N3O3/c1-14(24)22-23-11-7-9-16(13-23)20(18(25)26-19(2,3)4)12-15-8-5-6-10-17(15)21-20/h5-6,8,10,12,16H,7,9,11,13H2,1-4H3,(H,22,24). The molecule has 2 aliphatic heterocycles. The summed E-state index contributed by atoms with van der Waals surface area (Å²) < 4.78 is 5.76. The molecule has 26 heavy (non-hydrogen) atoms. The number of nitrogens with one attached hydrogen (secondary N) is 1. The summed E-state index contributed by atoms with van der Waals surface area (Å²) in [6, 6.07) is 7.76. The first kappa shape index (κ1) is 18.6. The van der Waals surface area contributed by atoms with E-state index in [4.69, 9.17) is 9.73 Å². The number of fused-ring (bicyclic) bond motifs is 1. The molecule has 0 bridgehead atoms.